The minimum atomic E-state index is -4.85. The maximum absolute atomic E-state index is 12.7. The molecule has 0 spiro atoms. The average Bonchev–Trinajstić information content (AvgIpc) is 2.25. The van der Waals surface area contributed by atoms with Crippen LogP contribution in [0.1, 0.15) is 34.8 Å². The minimum absolute atomic E-state index is 0.620. The molecule has 0 aromatic heterocycles. The molecule has 0 heterocycles. The van der Waals surface area contributed by atoms with Crippen molar-refractivity contribution in [3.05, 3.63) is 34.9 Å². The van der Waals surface area contributed by atoms with Crippen LogP contribution in [0.25, 0.3) is 0 Å². The predicted molar refractivity (Wildman–Crippen MR) is 59.1 cm³/mol. The summed E-state index contributed by atoms with van der Waals surface area (Å²) in [5, 5.41) is 0. The molecule has 0 aliphatic rings. The third-order valence-corrected chi connectivity index (χ3v) is 2.66. The largest absolute Gasteiger partial charge is 0.417 e. The summed E-state index contributed by atoms with van der Waals surface area (Å²) in [5.74, 6) is -1.02. The van der Waals surface area contributed by atoms with Crippen LogP contribution in [0.3, 0.4) is 0 Å². The molecule has 1 unspecified atom stereocenters. The third-order valence-electron chi connectivity index (χ3n) is 2.24. The van der Waals surface area contributed by atoms with Crippen molar-refractivity contribution in [2.24, 2.45) is 0 Å². The number of hydrogen-bond donors (Lipinski definition) is 0. The molecule has 0 fully saturated rings. The highest BCUT2D eigenvalue weighted by molar-refractivity contribution is 9.10. The van der Waals surface area contributed by atoms with E-state index in [0.717, 1.165) is 12.1 Å². The van der Waals surface area contributed by atoms with Gasteiger partial charge in [0.2, 0.25) is 0 Å². The standard InChI is InChI=1S/C11H8BrF5O/c1-5(12)9(18)8-6(10(13)14)3-2-4-7(8)11(15,16)17/h2-5,10H,1H3. The van der Waals surface area contributed by atoms with Crippen molar-refractivity contribution in [2.45, 2.75) is 24.4 Å². The van der Waals surface area contributed by atoms with Gasteiger partial charge in [-0.3, -0.25) is 4.79 Å². The van der Waals surface area contributed by atoms with E-state index in [9.17, 15) is 26.7 Å². The van der Waals surface area contributed by atoms with E-state index in [4.69, 9.17) is 0 Å². The molecule has 0 aliphatic carbocycles. The van der Waals surface area contributed by atoms with Crippen molar-refractivity contribution in [2.75, 3.05) is 0 Å². The summed E-state index contributed by atoms with van der Waals surface area (Å²) in [5.41, 5.74) is -3.21. The Labute approximate surface area is 108 Å². The van der Waals surface area contributed by atoms with Crippen LogP contribution in [-0.4, -0.2) is 10.6 Å². The topological polar surface area (TPSA) is 17.1 Å². The second-order valence-electron chi connectivity index (χ2n) is 3.55. The SMILES string of the molecule is CC(Br)C(=O)c1c(C(F)F)cccc1C(F)(F)F. The van der Waals surface area contributed by atoms with Crippen molar-refractivity contribution < 1.29 is 26.7 Å². The number of carbonyl (C=O) groups is 1. The molecule has 0 radical (unpaired) electrons. The zero-order chi connectivity index (χ0) is 14.1. The van der Waals surface area contributed by atoms with Crippen LogP contribution in [0.4, 0.5) is 22.0 Å². The lowest BCUT2D eigenvalue weighted by Gasteiger charge is -2.16. The second kappa shape index (κ2) is 5.34. The van der Waals surface area contributed by atoms with E-state index in [0.29, 0.717) is 6.07 Å². The van der Waals surface area contributed by atoms with Gasteiger partial charge < -0.3 is 0 Å². The molecule has 0 saturated carbocycles. The van der Waals surface area contributed by atoms with E-state index in [1.165, 1.54) is 6.92 Å². The minimum Gasteiger partial charge on any atom is -0.293 e. The number of rotatable bonds is 3. The molecule has 100 valence electrons. The van der Waals surface area contributed by atoms with Crippen LogP contribution in [0.15, 0.2) is 18.2 Å². The van der Waals surface area contributed by atoms with Gasteiger partial charge in [0.15, 0.2) is 5.78 Å². The van der Waals surface area contributed by atoms with Gasteiger partial charge in [0, 0.05) is 11.1 Å². The number of halogens is 6. The van der Waals surface area contributed by atoms with Crippen LogP contribution in [-0.2, 0) is 6.18 Å². The first-order valence-electron chi connectivity index (χ1n) is 4.82. The molecule has 0 bridgehead atoms. The quantitative estimate of drug-likeness (QED) is 0.449. The van der Waals surface area contributed by atoms with E-state index in [-0.39, 0.29) is 0 Å². The molecule has 0 amide bonds. The first kappa shape index (κ1) is 15.1. The zero-order valence-electron chi connectivity index (χ0n) is 9.06. The van der Waals surface area contributed by atoms with Gasteiger partial charge in [0.1, 0.15) is 0 Å². The van der Waals surface area contributed by atoms with Gasteiger partial charge in [-0.25, -0.2) is 8.78 Å². The Morgan fingerprint density at radius 2 is 1.83 bits per heavy atom. The Morgan fingerprint density at radius 1 is 1.28 bits per heavy atom. The van der Waals surface area contributed by atoms with Gasteiger partial charge in [0.05, 0.1) is 10.4 Å². The highest BCUT2D eigenvalue weighted by Crippen LogP contribution is 2.37. The predicted octanol–water partition coefficient (Wildman–Crippen LogP) is 4.61. The number of ketones is 1. The van der Waals surface area contributed by atoms with Gasteiger partial charge in [-0.15, -0.1) is 0 Å². The van der Waals surface area contributed by atoms with Crippen molar-refractivity contribution in [1.82, 2.24) is 0 Å². The summed E-state index contributed by atoms with van der Waals surface area (Å²) < 4.78 is 63.5. The molecular weight excluding hydrogens is 323 g/mol. The molecule has 0 aliphatic heterocycles. The normalized spacial score (nSPS) is 13.8. The summed E-state index contributed by atoms with van der Waals surface area (Å²) in [7, 11) is 0. The molecule has 1 nitrogen and oxygen atoms in total. The van der Waals surface area contributed by atoms with Crippen LogP contribution in [0.2, 0.25) is 0 Å². The Hall–Kier alpha value is -0.980. The van der Waals surface area contributed by atoms with Crippen LogP contribution >= 0.6 is 15.9 Å². The lowest BCUT2D eigenvalue weighted by atomic mass is 9.96. The molecule has 18 heavy (non-hydrogen) atoms. The van der Waals surface area contributed by atoms with E-state index in [1.807, 2.05) is 0 Å². The summed E-state index contributed by atoms with van der Waals surface area (Å²) in [4.78, 5) is 10.7. The fourth-order valence-corrected chi connectivity index (χ4v) is 1.69. The van der Waals surface area contributed by atoms with Gasteiger partial charge in [-0.1, -0.05) is 28.1 Å². The van der Waals surface area contributed by atoms with E-state index < -0.39 is 39.9 Å². The van der Waals surface area contributed by atoms with Gasteiger partial charge in [0.25, 0.3) is 6.43 Å². The van der Waals surface area contributed by atoms with Crippen molar-refractivity contribution >= 4 is 21.7 Å². The van der Waals surface area contributed by atoms with Crippen molar-refractivity contribution in [3.63, 3.8) is 0 Å². The van der Waals surface area contributed by atoms with Crippen molar-refractivity contribution in [1.29, 1.82) is 0 Å². The Kier molecular flexibility index (Phi) is 4.47. The van der Waals surface area contributed by atoms with Gasteiger partial charge in [-0.2, -0.15) is 13.2 Å². The molecule has 7 heteroatoms. The lowest BCUT2D eigenvalue weighted by molar-refractivity contribution is -0.138. The molecule has 0 N–H and O–H groups in total. The number of alkyl halides is 6. The molecule has 1 atom stereocenters. The summed E-state index contributed by atoms with van der Waals surface area (Å²) in [6, 6.07) is 2.30. The second-order valence-corrected chi connectivity index (χ2v) is 4.92. The van der Waals surface area contributed by atoms with Crippen LogP contribution in [0, 0.1) is 0 Å². The van der Waals surface area contributed by atoms with Gasteiger partial charge >= 0.3 is 6.18 Å². The number of benzene rings is 1. The van der Waals surface area contributed by atoms with Crippen LogP contribution in [0.5, 0.6) is 0 Å². The maximum atomic E-state index is 12.7. The fourth-order valence-electron chi connectivity index (χ4n) is 1.46. The van der Waals surface area contributed by atoms with Crippen LogP contribution < -0.4 is 0 Å². The maximum Gasteiger partial charge on any atom is 0.417 e. The fraction of sp³-hybridized carbons (Fsp3) is 0.364. The zero-order valence-corrected chi connectivity index (χ0v) is 10.6. The smallest absolute Gasteiger partial charge is 0.293 e. The first-order chi connectivity index (χ1) is 8.16. The van der Waals surface area contributed by atoms with E-state index in [1.54, 1.807) is 0 Å². The number of Topliss-reactive ketones (excluding diaryl/α,β-unsaturated/α-hetero) is 1. The highest BCUT2D eigenvalue weighted by Gasteiger charge is 2.38. The summed E-state index contributed by atoms with van der Waals surface area (Å²) in [6.45, 7) is 1.28. The average molecular weight is 331 g/mol. The van der Waals surface area contributed by atoms with Crippen molar-refractivity contribution in [3.8, 4) is 0 Å². The Balaban J connectivity index is 3.54. The Bertz CT molecular complexity index is 453. The van der Waals surface area contributed by atoms with E-state index in [2.05, 4.69) is 15.9 Å². The first-order valence-corrected chi connectivity index (χ1v) is 5.74. The molecule has 1 rings (SSSR count). The van der Waals surface area contributed by atoms with Gasteiger partial charge in [-0.05, 0) is 13.0 Å². The summed E-state index contributed by atoms with van der Waals surface area (Å²) in [6.07, 6.45) is -7.99. The van der Waals surface area contributed by atoms with E-state index >= 15 is 0 Å². The number of carbonyl (C=O) groups excluding carboxylic acids is 1. The lowest BCUT2D eigenvalue weighted by Crippen LogP contribution is -2.20. The summed E-state index contributed by atoms with van der Waals surface area (Å²) >= 11 is 2.80. The highest BCUT2D eigenvalue weighted by atomic mass is 79.9. The Morgan fingerprint density at radius 3 is 2.22 bits per heavy atom. The number of hydrogen-bond acceptors (Lipinski definition) is 1. The molecule has 1 aromatic carbocycles. The monoisotopic (exact) mass is 330 g/mol. The third kappa shape index (κ3) is 3.07. The molecule has 0 saturated heterocycles. The molecule has 1 aromatic rings. The molecular formula is C11H8BrF5O.